The maximum atomic E-state index is 5.63. The van der Waals surface area contributed by atoms with Crippen LogP contribution in [-0.2, 0) is 0 Å². The van der Waals surface area contributed by atoms with E-state index >= 15 is 0 Å². The van der Waals surface area contributed by atoms with Crippen LogP contribution in [0.1, 0.15) is 36.8 Å². The van der Waals surface area contributed by atoms with Crippen LogP contribution in [0.15, 0.2) is 53.3 Å². The molecular weight excluding hydrogens is 392 g/mol. The molecule has 1 fully saturated rings. The lowest BCUT2D eigenvalue weighted by Gasteiger charge is -2.12. The molecule has 2 atom stereocenters. The molecule has 31 heavy (non-hydrogen) atoms. The van der Waals surface area contributed by atoms with Crippen molar-refractivity contribution in [1.29, 1.82) is 0 Å². The number of pyridine rings is 1. The van der Waals surface area contributed by atoms with Crippen LogP contribution in [-0.4, -0.2) is 55.3 Å². The fourth-order valence-corrected chi connectivity index (χ4v) is 3.84. The molecular formula is C22H24N8O. The zero-order valence-corrected chi connectivity index (χ0v) is 17.5. The average molecular weight is 416 g/mol. The second-order valence-electron chi connectivity index (χ2n) is 7.91. The number of aromatic amines is 1. The van der Waals surface area contributed by atoms with Gasteiger partial charge < -0.3 is 14.7 Å². The summed E-state index contributed by atoms with van der Waals surface area (Å²) >= 11 is 0. The Labute approximate surface area is 179 Å². The number of hydrogen-bond donors (Lipinski definition) is 2. The minimum absolute atomic E-state index is 0.000210. The van der Waals surface area contributed by atoms with Crippen molar-refractivity contribution < 1.29 is 4.52 Å². The fraction of sp³-hybridized carbons (Fsp3) is 0.318. The number of nitrogens with zero attached hydrogens (tertiary/aromatic N) is 6. The molecule has 0 radical (unpaired) electrons. The quantitative estimate of drug-likeness (QED) is 0.492. The normalized spacial score (nSPS) is 17.7. The van der Waals surface area contributed by atoms with Crippen molar-refractivity contribution in [1.82, 2.24) is 35.2 Å². The summed E-state index contributed by atoms with van der Waals surface area (Å²) in [7, 11) is 2.13. The van der Waals surface area contributed by atoms with Crippen LogP contribution in [0.5, 0.6) is 0 Å². The van der Waals surface area contributed by atoms with E-state index in [1.165, 1.54) is 0 Å². The highest BCUT2D eigenvalue weighted by Crippen LogP contribution is 2.29. The molecule has 1 unspecified atom stereocenters. The van der Waals surface area contributed by atoms with Gasteiger partial charge in [0.25, 0.3) is 0 Å². The van der Waals surface area contributed by atoms with Gasteiger partial charge in [-0.05, 0) is 51.2 Å². The molecule has 158 valence electrons. The molecule has 9 heteroatoms. The Morgan fingerprint density at radius 3 is 2.71 bits per heavy atom. The summed E-state index contributed by atoms with van der Waals surface area (Å²) in [6.45, 7) is 4.10. The van der Waals surface area contributed by atoms with Crippen molar-refractivity contribution in [3.05, 3.63) is 60.2 Å². The SMILES string of the molecule is CC(Nc1nccc(-c2cccc(-c3cc([C@@H]4CCN(C)C4)on3)n2)n1)c1ccn[nH]1. The van der Waals surface area contributed by atoms with Gasteiger partial charge in [-0.25, -0.2) is 15.0 Å². The summed E-state index contributed by atoms with van der Waals surface area (Å²) in [5.41, 5.74) is 3.95. The van der Waals surface area contributed by atoms with Gasteiger partial charge >= 0.3 is 0 Å². The lowest BCUT2D eigenvalue weighted by atomic mass is 10.1. The largest absolute Gasteiger partial charge is 0.360 e. The van der Waals surface area contributed by atoms with E-state index in [0.29, 0.717) is 11.9 Å². The maximum Gasteiger partial charge on any atom is 0.223 e. The first-order chi connectivity index (χ1) is 15.2. The molecule has 0 aromatic carbocycles. The Kier molecular flexibility index (Phi) is 5.17. The smallest absolute Gasteiger partial charge is 0.223 e. The number of likely N-dealkylation sites (tertiary alicyclic amines) is 1. The highest BCUT2D eigenvalue weighted by atomic mass is 16.5. The Hall–Kier alpha value is -3.59. The number of nitrogens with one attached hydrogen (secondary N) is 2. The van der Waals surface area contributed by atoms with E-state index in [4.69, 9.17) is 9.51 Å². The number of H-pyrrole nitrogens is 1. The maximum absolute atomic E-state index is 5.63. The third-order valence-electron chi connectivity index (χ3n) is 5.59. The average Bonchev–Trinajstić information content (AvgIpc) is 3.55. The van der Waals surface area contributed by atoms with Crippen LogP contribution in [0.25, 0.3) is 22.8 Å². The van der Waals surface area contributed by atoms with Crippen LogP contribution in [0.4, 0.5) is 5.95 Å². The van der Waals surface area contributed by atoms with Crippen molar-refractivity contribution >= 4 is 5.95 Å². The van der Waals surface area contributed by atoms with Gasteiger partial charge in [0.2, 0.25) is 5.95 Å². The molecule has 2 N–H and O–H groups in total. The lowest BCUT2D eigenvalue weighted by Crippen LogP contribution is -2.13. The van der Waals surface area contributed by atoms with E-state index in [2.05, 4.69) is 42.6 Å². The zero-order valence-electron chi connectivity index (χ0n) is 17.5. The Morgan fingerprint density at radius 2 is 1.94 bits per heavy atom. The lowest BCUT2D eigenvalue weighted by molar-refractivity contribution is 0.351. The monoisotopic (exact) mass is 416 g/mol. The van der Waals surface area contributed by atoms with Crippen LogP contribution in [0.2, 0.25) is 0 Å². The Balaban J connectivity index is 1.36. The summed E-state index contributed by atoms with van der Waals surface area (Å²) in [4.78, 5) is 16.0. The van der Waals surface area contributed by atoms with Crippen molar-refractivity contribution in [2.75, 3.05) is 25.5 Å². The predicted molar refractivity (Wildman–Crippen MR) is 116 cm³/mol. The zero-order chi connectivity index (χ0) is 21.2. The van der Waals surface area contributed by atoms with Gasteiger partial charge in [-0.1, -0.05) is 11.2 Å². The number of rotatable bonds is 6. The summed E-state index contributed by atoms with van der Waals surface area (Å²) in [5.74, 6) is 1.84. The molecule has 4 aromatic rings. The molecule has 5 rings (SSSR count). The van der Waals surface area contributed by atoms with Crippen molar-refractivity contribution in [2.45, 2.75) is 25.3 Å². The molecule has 0 spiro atoms. The van der Waals surface area contributed by atoms with Crippen LogP contribution >= 0.6 is 0 Å². The molecule has 0 saturated carbocycles. The van der Waals surface area contributed by atoms with E-state index in [0.717, 1.165) is 53.7 Å². The van der Waals surface area contributed by atoms with E-state index in [-0.39, 0.29) is 6.04 Å². The van der Waals surface area contributed by atoms with Gasteiger partial charge in [0.05, 0.1) is 28.8 Å². The van der Waals surface area contributed by atoms with Crippen LogP contribution in [0, 0.1) is 0 Å². The van der Waals surface area contributed by atoms with Gasteiger partial charge in [0.15, 0.2) is 0 Å². The second-order valence-corrected chi connectivity index (χ2v) is 7.91. The van der Waals surface area contributed by atoms with E-state index in [1.807, 2.05) is 43.3 Å². The Morgan fingerprint density at radius 1 is 1.10 bits per heavy atom. The Bertz CT molecular complexity index is 1160. The first kappa shape index (κ1) is 19.4. The first-order valence-electron chi connectivity index (χ1n) is 10.4. The number of anilines is 1. The third-order valence-corrected chi connectivity index (χ3v) is 5.59. The topological polar surface area (TPSA) is 109 Å². The van der Waals surface area contributed by atoms with Gasteiger partial charge in [0.1, 0.15) is 11.5 Å². The second kappa shape index (κ2) is 8.27. The van der Waals surface area contributed by atoms with Gasteiger partial charge in [-0.3, -0.25) is 5.10 Å². The van der Waals surface area contributed by atoms with Crippen LogP contribution < -0.4 is 5.32 Å². The van der Waals surface area contributed by atoms with E-state index < -0.39 is 0 Å². The number of likely N-dealkylation sites (N-methyl/N-ethyl adjacent to an activating group) is 1. The fourth-order valence-electron chi connectivity index (χ4n) is 3.84. The minimum atomic E-state index is 0.000210. The van der Waals surface area contributed by atoms with E-state index in [1.54, 1.807) is 12.4 Å². The molecule has 4 aromatic heterocycles. The van der Waals surface area contributed by atoms with Crippen LogP contribution in [0.3, 0.4) is 0 Å². The van der Waals surface area contributed by atoms with Gasteiger partial charge in [0, 0.05) is 30.9 Å². The minimum Gasteiger partial charge on any atom is -0.360 e. The molecule has 5 heterocycles. The first-order valence-corrected chi connectivity index (χ1v) is 10.4. The standard InChI is InChI=1S/C22H24N8O/c1-14(16-7-10-24-28-16)25-22-23-9-6-19(27-22)17-4-3-5-18(26-17)20-12-21(31-29-20)15-8-11-30(2)13-15/h3-7,9-10,12,14-15H,8,11,13H2,1-2H3,(H,24,28)(H,23,25,27)/t14?,15-/m1/s1. The molecule has 0 amide bonds. The number of aromatic nitrogens is 6. The highest BCUT2D eigenvalue weighted by Gasteiger charge is 2.25. The van der Waals surface area contributed by atoms with Crippen molar-refractivity contribution in [3.63, 3.8) is 0 Å². The molecule has 1 saturated heterocycles. The summed E-state index contributed by atoms with van der Waals surface area (Å²) in [6, 6.07) is 11.6. The third kappa shape index (κ3) is 4.17. The molecule has 1 aliphatic rings. The molecule has 9 nitrogen and oxygen atoms in total. The summed E-state index contributed by atoms with van der Waals surface area (Å²) < 4.78 is 5.63. The van der Waals surface area contributed by atoms with Gasteiger partial charge in [-0.2, -0.15) is 5.10 Å². The predicted octanol–water partition coefficient (Wildman–Crippen LogP) is 3.51. The summed E-state index contributed by atoms with van der Waals surface area (Å²) in [6.07, 6.45) is 4.54. The van der Waals surface area contributed by atoms with E-state index in [9.17, 15) is 0 Å². The number of hydrogen-bond acceptors (Lipinski definition) is 8. The molecule has 0 bridgehead atoms. The van der Waals surface area contributed by atoms with Crippen molar-refractivity contribution in [2.24, 2.45) is 0 Å². The molecule has 0 aliphatic carbocycles. The highest BCUT2D eigenvalue weighted by molar-refractivity contribution is 5.62. The van der Waals surface area contributed by atoms with Crippen molar-refractivity contribution in [3.8, 4) is 22.8 Å². The van der Waals surface area contributed by atoms with Gasteiger partial charge in [-0.15, -0.1) is 0 Å². The molecule has 1 aliphatic heterocycles. The summed E-state index contributed by atoms with van der Waals surface area (Å²) in [5, 5.41) is 14.5.